The average Bonchev–Trinajstić information content (AvgIpc) is 2.96. The van der Waals surface area contributed by atoms with Crippen molar-refractivity contribution in [2.24, 2.45) is 0 Å². The zero-order chi connectivity index (χ0) is 13.0. The molecule has 2 heterocycles. The van der Waals surface area contributed by atoms with Crippen molar-refractivity contribution in [3.8, 4) is 0 Å². The van der Waals surface area contributed by atoms with E-state index < -0.39 is 0 Å². The molecule has 0 fully saturated rings. The minimum atomic E-state index is 0.612. The predicted molar refractivity (Wildman–Crippen MR) is 78.0 cm³/mol. The van der Waals surface area contributed by atoms with E-state index in [9.17, 15) is 0 Å². The normalized spacial score (nSPS) is 11.1. The maximum atomic E-state index is 5.75. The van der Waals surface area contributed by atoms with Gasteiger partial charge in [0.1, 0.15) is 0 Å². The van der Waals surface area contributed by atoms with Crippen LogP contribution in [-0.4, -0.2) is 16.4 Å². The molecule has 5 heteroatoms. The molecular weight excluding hydrogens is 312 g/mol. The first kappa shape index (κ1) is 13.8. The van der Waals surface area contributed by atoms with Crippen LogP contribution in [-0.2, 0) is 24.3 Å². The molecule has 0 unspecified atom stereocenters. The van der Waals surface area contributed by atoms with Crippen LogP contribution in [0.15, 0.2) is 22.0 Å². The number of ether oxygens (including phenoxy) is 1. The Bertz CT molecular complexity index is 493. The summed E-state index contributed by atoms with van der Waals surface area (Å²) in [6, 6.07) is 4.22. The first-order valence-electron chi connectivity index (χ1n) is 6.04. The zero-order valence-corrected chi connectivity index (χ0v) is 13.1. The summed E-state index contributed by atoms with van der Waals surface area (Å²) in [5.74, 6) is 0. The summed E-state index contributed by atoms with van der Waals surface area (Å²) in [5.41, 5.74) is 2.15. The SMILES string of the molecule is CCn1nc(C)c(Br)c1COCCc1cccs1. The first-order chi connectivity index (χ1) is 8.72. The van der Waals surface area contributed by atoms with E-state index in [-0.39, 0.29) is 0 Å². The van der Waals surface area contributed by atoms with Gasteiger partial charge in [0.25, 0.3) is 0 Å². The standard InChI is InChI=1S/C13H17BrN2OS/c1-3-16-12(13(14)10(2)15-16)9-17-7-6-11-5-4-8-18-11/h4-5,8H,3,6-7,9H2,1-2H3. The summed E-state index contributed by atoms with van der Waals surface area (Å²) < 4.78 is 8.81. The molecule has 18 heavy (non-hydrogen) atoms. The largest absolute Gasteiger partial charge is 0.375 e. The van der Waals surface area contributed by atoms with Crippen molar-refractivity contribution in [3.05, 3.63) is 38.3 Å². The monoisotopic (exact) mass is 328 g/mol. The van der Waals surface area contributed by atoms with Crippen LogP contribution in [0.3, 0.4) is 0 Å². The quantitative estimate of drug-likeness (QED) is 0.754. The molecular formula is C13H17BrN2OS. The lowest BCUT2D eigenvalue weighted by atomic mass is 10.3. The lowest BCUT2D eigenvalue weighted by molar-refractivity contribution is 0.118. The van der Waals surface area contributed by atoms with Crippen LogP contribution in [0.1, 0.15) is 23.2 Å². The Morgan fingerprint density at radius 2 is 2.33 bits per heavy atom. The second kappa shape index (κ2) is 6.50. The Hall–Kier alpha value is -0.650. The van der Waals surface area contributed by atoms with Crippen LogP contribution >= 0.6 is 27.3 Å². The van der Waals surface area contributed by atoms with Crippen LogP contribution < -0.4 is 0 Å². The van der Waals surface area contributed by atoms with E-state index in [4.69, 9.17) is 4.74 Å². The summed E-state index contributed by atoms with van der Waals surface area (Å²) in [6.07, 6.45) is 0.981. The van der Waals surface area contributed by atoms with E-state index >= 15 is 0 Å². The van der Waals surface area contributed by atoms with Gasteiger partial charge in [-0.25, -0.2) is 0 Å². The van der Waals surface area contributed by atoms with Gasteiger partial charge in [0.2, 0.25) is 0 Å². The molecule has 0 aliphatic rings. The van der Waals surface area contributed by atoms with Crippen LogP contribution in [0.5, 0.6) is 0 Å². The fourth-order valence-corrected chi connectivity index (χ4v) is 2.89. The summed E-state index contributed by atoms with van der Waals surface area (Å²) in [4.78, 5) is 1.37. The topological polar surface area (TPSA) is 27.1 Å². The van der Waals surface area contributed by atoms with Crippen molar-refractivity contribution in [1.29, 1.82) is 0 Å². The van der Waals surface area contributed by atoms with Crippen molar-refractivity contribution in [3.63, 3.8) is 0 Å². The van der Waals surface area contributed by atoms with E-state index in [1.165, 1.54) is 4.88 Å². The number of hydrogen-bond acceptors (Lipinski definition) is 3. The predicted octanol–water partition coefficient (Wildman–Crippen LogP) is 3.79. The van der Waals surface area contributed by atoms with Gasteiger partial charge in [-0.2, -0.15) is 5.10 Å². The summed E-state index contributed by atoms with van der Waals surface area (Å²) in [6.45, 7) is 6.33. The van der Waals surface area contributed by atoms with Gasteiger partial charge in [0, 0.05) is 17.8 Å². The molecule has 0 spiro atoms. The number of nitrogens with zero attached hydrogens (tertiary/aromatic N) is 2. The van der Waals surface area contributed by atoms with Crippen molar-refractivity contribution in [2.75, 3.05) is 6.61 Å². The molecule has 0 aliphatic carbocycles. The fraction of sp³-hybridized carbons (Fsp3) is 0.462. The lowest BCUT2D eigenvalue weighted by Crippen LogP contribution is -2.06. The summed E-state index contributed by atoms with van der Waals surface area (Å²) in [5, 5.41) is 6.55. The number of halogens is 1. The second-order valence-corrected chi connectivity index (χ2v) is 5.87. The van der Waals surface area contributed by atoms with Crippen LogP contribution in [0.4, 0.5) is 0 Å². The van der Waals surface area contributed by atoms with Crippen molar-refractivity contribution in [1.82, 2.24) is 9.78 Å². The highest BCUT2D eigenvalue weighted by atomic mass is 79.9. The van der Waals surface area contributed by atoms with E-state index in [1.54, 1.807) is 11.3 Å². The minimum absolute atomic E-state index is 0.612. The number of rotatable bonds is 6. The second-order valence-electron chi connectivity index (χ2n) is 4.04. The third-order valence-electron chi connectivity index (χ3n) is 2.76. The Morgan fingerprint density at radius 1 is 1.50 bits per heavy atom. The van der Waals surface area contributed by atoms with Gasteiger partial charge < -0.3 is 4.74 Å². The molecule has 2 aromatic heterocycles. The first-order valence-corrected chi connectivity index (χ1v) is 7.71. The highest BCUT2D eigenvalue weighted by Crippen LogP contribution is 2.21. The molecule has 0 saturated carbocycles. The number of thiophene rings is 1. The van der Waals surface area contributed by atoms with Gasteiger partial charge in [-0.3, -0.25) is 4.68 Å². The molecule has 0 saturated heterocycles. The molecule has 0 aromatic carbocycles. The smallest absolute Gasteiger partial charge is 0.0896 e. The molecule has 0 amide bonds. The van der Waals surface area contributed by atoms with Gasteiger partial charge in [0.05, 0.1) is 29.1 Å². The molecule has 0 bridgehead atoms. The average molecular weight is 329 g/mol. The van der Waals surface area contributed by atoms with Crippen molar-refractivity contribution >= 4 is 27.3 Å². The van der Waals surface area contributed by atoms with E-state index in [0.717, 1.165) is 35.4 Å². The van der Waals surface area contributed by atoms with Gasteiger partial charge in [0.15, 0.2) is 0 Å². The van der Waals surface area contributed by atoms with Crippen LogP contribution in [0.2, 0.25) is 0 Å². The van der Waals surface area contributed by atoms with Gasteiger partial charge in [-0.05, 0) is 41.2 Å². The van der Waals surface area contributed by atoms with Crippen LogP contribution in [0, 0.1) is 6.92 Å². The van der Waals surface area contributed by atoms with Gasteiger partial charge in [-0.15, -0.1) is 11.3 Å². The third kappa shape index (κ3) is 3.22. The third-order valence-corrected chi connectivity index (χ3v) is 4.73. The van der Waals surface area contributed by atoms with E-state index in [0.29, 0.717) is 6.61 Å². The minimum Gasteiger partial charge on any atom is -0.375 e. The fourth-order valence-electron chi connectivity index (χ4n) is 1.80. The number of hydrogen-bond donors (Lipinski definition) is 0. The van der Waals surface area contributed by atoms with Crippen molar-refractivity contribution < 1.29 is 4.74 Å². The summed E-state index contributed by atoms with van der Waals surface area (Å²) >= 11 is 5.35. The van der Waals surface area contributed by atoms with E-state index in [1.807, 2.05) is 11.6 Å². The molecule has 0 N–H and O–H groups in total. The van der Waals surface area contributed by atoms with Gasteiger partial charge in [-0.1, -0.05) is 6.07 Å². The molecule has 2 aromatic rings. The Kier molecular flexibility index (Phi) is 4.97. The molecule has 0 atom stereocenters. The number of aromatic nitrogens is 2. The molecule has 2 rings (SSSR count). The maximum Gasteiger partial charge on any atom is 0.0896 e. The Labute approximate surface area is 120 Å². The molecule has 0 aliphatic heterocycles. The highest BCUT2D eigenvalue weighted by Gasteiger charge is 2.11. The van der Waals surface area contributed by atoms with E-state index in [2.05, 4.69) is 45.5 Å². The zero-order valence-electron chi connectivity index (χ0n) is 10.6. The highest BCUT2D eigenvalue weighted by molar-refractivity contribution is 9.10. The molecule has 98 valence electrons. The Balaban J connectivity index is 1.86. The number of aryl methyl sites for hydroxylation is 2. The van der Waals surface area contributed by atoms with Crippen LogP contribution in [0.25, 0.3) is 0 Å². The maximum absolute atomic E-state index is 5.75. The molecule has 3 nitrogen and oxygen atoms in total. The van der Waals surface area contributed by atoms with Crippen molar-refractivity contribution in [2.45, 2.75) is 33.4 Å². The summed E-state index contributed by atoms with van der Waals surface area (Å²) in [7, 11) is 0. The lowest BCUT2D eigenvalue weighted by Gasteiger charge is -2.06. The Morgan fingerprint density at radius 3 is 3.00 bits per heavy atom. The van der Waals surface area contributed by atoms with Gasteiger partial charge >= 0.3 is 0 Å². The molecule has 0 radical (unpaired) electrons.